The predicted molar refractivity (Wildman–Crippen MR) is 113 cm³/mol. The second-order valence-electron chi connectivity index (χ2n) is 5.18. The lowest BCUT2D eigenvalue weighted by Crippen LogP contribution is -2.24. The third-order valence-corrected chi connectivity index (χ3v) is 4.20. The van der Waals surface area contributed by atoms with Crippen LogP contribution in [0.15, 0.2) is 39.9 Å². The second kappa shape index (κ2) is 10.8. The van der Waals surface area contributed by atoms with Gasteiger partial charge in [-0.15, -0.1) is 6.42 Å². The van der Waals surface area contributed by atoms with Crippen molar-refractivity contribution in [3.8, 4) is 29.6 Å². The molecule has 1 N–H and O–H groups in total. The number of hydrogen-bond acceptors (Lipinski definition) is 5. The van der Waals surface area contributed by atoms with Gasteiger partial charge in [-0.05, 0) is 30.3 Å². The van der Waals surface area contributed by atoms with Gasteiger partial charge in [0.15, 0.2) is 18.1 Å². The van der Waals surface area contributed by atoms with Crippen molar-refractivity contribution in [3.05, 3.63) is 50.4 Å². The summed E-state index contributed by atoms with van der Waals surface area (Å²) < 4.78 is 16.9. The lowest BCUT2D eigenvalue weighted by Gasteiger charge is -2.12. The van der Waals surface area contributed by atoms with Gasteiger partial charge < -0.3 is 14.2 Å². The zero-order chi connectivity index (χ0) is 20.5. The van der Waals surface area contributed by atoms with E-state index in [4.69, 9.17) is 43.8 Å². The molecule has 0 aromatic heterocycles. The van der Waals surface area contributed by atoms with Crippen molar-refractivity contribution in [2.24, 2.45) is 5.10 Å². The fourth-order valence-electron chi connectivity index (χ4n) is 2.05. The van der Waals surface area contributed by atoms with Crippen LogP contribution in [0, 0.1) is 12.3 Å². The maximum Gasteiger partial charge on any atom is 0.277 e. The number of amides is 1. The van der Waals surface area contributed by atoms with E-state index in [1.807, 2.05) is 0 Å². The number of benzene rings is 2. The topological polar surface area (TPSA) is 69.2 Å². The first-order valence-electron chi connectivity index (χ1n) is 7.78. The highest BCUT2D eigenvalue weighted by Gasteiger charge is 2.12. The molecule has 2 rings (SSSR count). The molecule has 0 atom stereocenters. The summed E-state index contributed by atoms with van der Waals surface area (Å²) in [5.74, 6) is 3.13. The Labute approximate surface area is 180 Å². The molecule has 0 aliphatic rings. The molecule has 0 saturated carbocycles. The number of nitrogens with one attached hydrogen (secondary N) is 1. The van der Waals surface area contributed by atoms with Crippen LogP contribution in [0.4, 0.5) is 0 Å². The average molecular weight is 486 g/mol. The van der Waals surface area contributed by atoms with Gasteiger partial charge in [0.2, 0.25) is 0 Å². The van der Waals surface area contributed by atoms with Crippen LogP contribution in [0.25, 0.3) is 0 Å². The Hall–Kier alpha value is -2.40. The van der Waals surface area contributed by atoms with Gasteiger partial charge in [0.25, 0.3) is 5.91 Å². The zero-order valence-corrected chi connectivity index (χ0v) is 17.8. The van der Waals surface area contributed by atoms with Crippen LogP contribution < -0.4 is 19.6 Å². The van der Waals surface area contributed by atoms with Crippen molar-refractivity contribution < 1.29 is 19.0 Å². The standard InChI is InChI=1S/C19H15BrCl2N2O4/c1-3-6-27-19-12(7-13(20)8-17(19)26-2)10-23-24-18(25)11-28-16-5-4-14(21)9-15(16)22/h1,4-5,7-10H,6,11H2,2H3,(H,24,25). The van der Waals surface area contributed by atoms with Gasteiger partial charge in [-0.25, -0.2) is 5.43 Å². The van der Waals surface area contributed by atoms with E-state index >= 15 is 0 Å². The summed E-state index contributed by atoms with van der Waals surface area (Å²) in [4.78, 5) is 11.9. The van der Waals surface area contributed by atoms with Gasteiger partial charge >= 0.3 is 0 Å². The fraction of sp³-hybridized carbons (Fsp3) is 0.158. The Morgan fingerprint density at radius 1 is 1.29 bits per heavy atom. The Bertz CT molecular complexity index is 929. The molecule has 0 radical (unpaired) electrons. The number of terminal acetylenes is 1. The minimum atomic E-state index is -0.477. The van der Waals surface area contributed by atoms with E-state index in [1.54, 1.807) is 24.3 Å². The fourth-order valence-corrected chi connectivity index (χ4v) is 2.96. The van der Waals surface area contributed by atoms with Gasteiger partial charge in [-0.2, -0.15) is 5.10 Å². The van der Waals surface area contributed by atoms with E-state index in [9.17, 15) is 4.79 Å². The quantitative estimate of drug-likeness (QED) is 0.343. The van der Waals surface area contributed by atoms with Gasteiger partial charge in [0.05, 0.1) is 18.3 Å². The number of carbonyl (C=O) groups excluding carboxylic acids is 1. The monoisotopic (exact) mass is 484 g/mol. The van der Waals surface area contributed by atoms with Gasteiger partial charge in [0.1, 0.15) is 12.4 Å². The summed E-state index contributed by atoms with van der Waals surface area (Å²) in [5.41, 5.74) is 2.92. The molecule has 2 aromatic rings. The summed E-state index contributed by atoms with van der Waals surface area (Å²) in [7, 11) is 1.51. The molecule has 2 aromatic carbocycles. The number of halogens is 3. The van der Waals surface area contributed by atoms with Crippen molar-refractivity contribution in [1.29, 1.82) is 0 Å². The van der Waals surface area contributed by atoms with Crippen LogP contribution in [-0.4, -0.2) is 32.4 Å². The van der Waals surface area contributed by atoms with Crippen molar-refractivity contribution >= 4 is 51.3 Å². The Kier molecular flexibility index (Phi) is 8.45. The van der Waals surface area contributed by atoms with Crippen LogP contribution in [0.5, 0.6) is 17.2 Å². The molecule has 0 fully saturated rings. The molecule has 146 valence electrons. The lowest BCUT2D eigenvalue weighted by molar-refractivity contribution is -0.123. The molecular formula is C19H15BrCl2N2O4. The minimum Gasteiger partial charge on any atom is -0.493 e. The first kappa shape index (κ1) is 21.9. The minimum absolute atomic E-state index is 0.0564. The zero-order valence-electron chi connectivity index (χ0n) is 14.7. The molecule has 0 aliphatic carbocycles. The predicted octanol–water partition coefficient (Wildman–Crippen LogP) is 4.31. The van der Waals surface area contributed by atoms with Gasteiger partial charge in [-0.1, -0.05) is 45.1 Å². The highest BCUT2D eigenvalue weighted by atomic mass is 79.9. The third-order valence-electron chi connectivity index (χ3n) is 3.21. The first-order valence-corrected chi connectivity index (χ1v) is 9.33. The smallest absolute Gasteiger partial charge is 0.277 e. The highest BCUT2D eigenvalue weighted by molar-refractivity contribution is 9.10. The van der Waals surface area contributed by atoms with Crippen molar-refractivity contribution in [3.63, 3.8) is 0 Å². The normalized spacial score (nSPS) is 10.4. The van der Waals surface area contributed by atoms with E-state index in [1.165, 1.54) is 19.4 Å². The van der Waals surface area contributed by atoms with Crippen LogP contribution in [0.2, 0.25) is 10.0 Å². The highest BCUT2D eigenvalue weighted by Crippen LogP contribution is 2.34. The molecule has 9 heteroatoms. The van der Waals surface area contributed by atoms with E-state index in [-0.39, 0.29) is 13.2 Å². The maximum atomic E-state index is 11.9. The van der Waals surface area contributed by atoms with E-state index < -0.39 is 5.91 Å². The molecular weight excluding hydrogens is 471 g/mol. The Morgan fingerprint density at radius 2 is 2.07 bits per heavy atom. The summed E-state index contributed by atoms with van der Waals surface area (Å²) in [6, 6.07) is 8.17. The van der Waals surface area contributed by atoms with E-state index in [2.05, 4.69) is 32.4 Å². The number of carbonyl (C=O) groups is 1. The largest absolute Gasteiger partial charge is 0.493 e. The number of hydrazone groups is 1. The molecule has 1 amide bonds. The van der Waals surface area contributed by atoms with Crippen LogP contribution in [0.1, 0.15) is 5.56 Å². The molecule has 6 nitrogen and oxygen atoms in total. The lowest BCUT2D eigenvalue weighted by atomic mass is 10.2. The SMILES string of the molecule is C#CCOc1c(C=NNC(=O)COc2ccc(Cl)cc2Cl)cc(Br)cc1OC. The van der Waals surface area contributed by atoms with E-state index in [0.29, 0.717) is 32.9 Å². The molecule has 0 heterocycles. The van der Waals surface area contributed by atoms with Crippen molar-refractivity contribution in [1.82, 2.24) is 5.43 Å². The number of ether oxygens (including phenoxy) is 3. The number of methoxy groups -OCH3 is 1. The third kappa shape index (κ3) is 6.34. The first-order chi connectivity index (χ1) is 13.4. The van der Waals surface area contributed by atoms with Crippen LogP contribution >= 0.6 is 39.1 Å². The Balaban J connectivity index is 2.02. The summed E-state index contributed by atoms with van der Waals surface area (Å²) in [5, 5.41) is 4.69. The average Bonchev–Trinajstić information content (AvgIpc) is 2.66. The summed E-state index contributed by atoms with van der Waals surface area (Å²) >= 11 is 15.2. The van der Waals surface area contributed by atoms with Crippen LogP contribution in [0.3, 0.4) is 0 Å². The number of rotatable bonds is 8. The van der Waals surface area contributed by atoms with Gasteiger partial charge in [0, 0.05) is 15.1 Å². The summed E-state index contributed by atoms with van der Waals surface area (Å²) in [6.07, 6.45) is 6.65. The molecule has 0 aliphatic heterocycles. The molecule has 0 unspecified atom stereocenters. The molecule has 0 bridgehead atoms. The summed E-state index contributed by atoms with van der Waals surface area (Å²) in [6.45, 7) is -0.220. The van der Waals surface area contributed by atoms with Crippen molar-refractivity contribution in [2.75, 3.05) is 20.3 Å². The maximum absolute atomic E-state index is 11.9. The Morgan fingerprint density at radius 3 is 2.75 bits per heavy atom. The van der Waals surface area contributed by atoms with E-state index in [0.717, 1.165) is 4.47 Å². The number of nitrogens with zero attached hydrogens (tertiary/aromatic N) is 1. The van der Waals surface area contributed by atoms with Crippen molar-refractivity contribution in [2.45, 2.75) is 0 Å². The molecule has 28 heavy (non-hydrogen) atoms. The van der Waals surface area contributed by atoms with Gasteiger partial charge in [-0.3, -0.25) is 4.79 Å². The van der Waals surface area contributed by atoms with Crippen LogP contribution in [-0.2, 0) is 4.79 Å². The second-order valence-corrected chi connectivity index (χ2v) is 6.94. The number of hydrogen-bond donors (Lipinski definition) is 1. The molecule has 0 saturated heterocycles. The molecule has 0 spiro atoms.